The smallest absolute Gasteiger partial charge is 0.191 e. The third-order valence-electron chi connectivity index (χ3n) is 4.12. The zero-order chi connectivity index (χ0) is 16.9. The predicted molar refractivity (Wildman–Crippen MR) is 93.4 cm³/mol. The molecule has 0 radical (unpaired) electrons. The Balaban J connectivity index is 1.86. The molecule has 1 aliphatic carbocycles. The molecule has 132 valence electrons. The summed E-state index contributed by atoms with van der Waals surface area (Å²) < 4.78 is 7.57. The van der Waals surface area contributed by atoms with Crippen LogP contribution in [-0.2, 0) is 4.74 Å². The lowest BCUT2D eigenvalue weighted by molar-refractivity contribution is 0.0309. The van der Waals surface area contributed by atoms with Gasteiger partial charge in [0.25, 0.3) is 0 Å². The van der Waals surface area contributed by atoms with E-state index in [1.165, 1.54) is 0 Å². The van der Waals surface area contributed by atoms with Crippen LogP contribution >= 0.6 is 11.8 Å². The van der Waals surface area contributed by atoms with Crippen LogP contribution < -0.4 is 5.32 Å². The fraction of sp³-hybridized carbons (Fsp3) is 0.733. The van der Waals surface area contributed by atoms with Crippen molar-refractivity contribution >= 4 is 28.7 Å². The average Bonchev–Trinajstić information content (AvgIpc) is 3.23. The summed E-state index contributed by atoms with van der Waals surface area (Å²) in [7, 11) is 1.84. The Labute approximate surface area is 145 Å². The summed E-state index contributed by atoms with van der Waals surface area (Å²) in [6.45, 7) is 2.59. The van der Waals surface area contributed by atoms with E-state index in [9.17, 15) is 0 Å². The topological polar surface area (TPSA) is 98.0 Å². The van der Waals surface area contributed by atoms with Crippen molar-refractivity contribution < 1.29 is 9.84 Å². The van der Waals surface area contributed by atoms with Crippen LogP contribution in [0.5, 0.6) is 0 Å². The second-order valence-corrected chi connectivity index (χ2v) is 6.90. The molecule has 1 aliphatic rings. The maximum atomic E-state index is 8.90. The fourth-order valence-corrected chi connectivity index (χ4v) is 3.69. The van der Waals surface area contributed by atoms with Crippen molar-refractivity contribution in [3.63, 3.8) is 0 Å². The van der Waals surface area contributed by atoms with E-state index in [1.807, 2.05) is 11.7 Å². The van der Waals surface area contributed by atoms with Gasteiger partial charge in [0.15, 0.2) is 22.1 Å². The van der Waals surface area contributed by atoms with Crippen molar-refractivity contribution in [2.24, 2.45) is 0 Å². The molecule has 9 heteroatoms. The van der Waals surface area contributed by atoms with Crippen LogP contribution in [0.3, 0.4) is 0 Å². The molecule has 0 bridgehead atoms. The fourth-order valence-electron chi connectivity index (χ4n) is 3.00. The Morgan fingerprint density at radius 2 is 2.25 bits per heavy atom. The minimum Gasteiger partial charge on any atom is -0.394 e. The number of anilines is 1. The molecule has 0 spiro atoms. The average molecular weight is 352 g/mol. The van der Waals surface area contributed by atoms with Gasteiger partial charge in [-0.1, -0.05) is 23.9 Å². The van der Waals surface area contributed by atoms with Crippen molar-refractivity contribution in [2.75, 3.05) is 31.3 Å². The number of aromatic nitrogens is 5. The summed E-state index contributed by atoms with van der Waals surface area (Å²) in [5.74, 6) is 1.70. The SMILES string of the molecule is CCCSc1nc(NC)c2nnn([C@H]3CC[C@@H](OCCO)C3)c2n1. The van der Waals surface area contributed by atoms with Gasteiger partial charge in [-0.05, 0) is 25.7 Å². The zero-order valence-electron chi connectivity index (χ0n) is 14.1. The van der Waals surface area contributed by atoms with Gasteiger partial charge >= 0.3 is 0 Å². The van der Waals surface area contributed by atoms with Gasteiger partial charge in [-0.3, -0.25) is 0 Å². The minimum atomic E-state index is 0.0597. The van der Waals surface area contributed by atoms with Crippen LogP contribution in [0.2, 0.25) is 0 Å². The van der Waals surface area contributed by atoms with Crippen molar-refractivity contribution in [1.82, 2.24) is 25.0 Å². The molecular formula is C15H24N6O2S. The molecule has 1 fully saturated rings. The largest absolute Gasteiger partial charge is 0.394 e. The second-order valence-electron chi connectivity index (χ2n) is 5.84. The summed E-state index contributed by atoms with van der Waals surface area (Å²) in [6.07, 6.45) is 4.05. The van der Waals surface area contributed by atoms with Crippen LogP contribution in [0.4, 0.5) is 5.82 Å². The summed E-state index contributed by atoms with van der Waals surface area (Å²) in [5, 5.41) is 21.4. The van der Waals surface area contributed by atoms with Crippen LogP contribution in [0.25, 0.3) is 11.2 Å². The predicted octanol–water partition coefficient (Wildman–Crippen LogP) is 1.87. The van der Waals surface area contributed by atoms with Gasteiger partial charge < -0.3 is 15.2 Å². The third kappa shape index (κ3) is 3.62. The minimum absolute atomic E-state index is 0.0597. The van der Waals surface area contributed by atoms with Crippen LogP contribution in [0.15, 0.2) is 5.16 Å². The number of hydrogen-bond acceptors (Lipinski definition) is 8. The zero-order valence-corrected chi connectivity index (χ0v) is 14.9. The van der Waals surface area contributed by atoms with E-state index in [2.05, 4.69) is 32.5 Å². The van der Waals surface area contributed by atoms with E-state index in [1.54, 1.807) is 11.8 Å². The maximum Gasteiger partial charge on any atom is 0.191 e. The molecule has 2 aromatic heterocycles. The lowest BCUT2D eigenvalue weighted by Gasteiger charge is -2.12. The molecule has 2 aromatic rings. The molecule has 24 heavy (non-hydrogen) atoms. The lowest BCUT2D eigenvalue weighted by atomic mass is 10.2. The normalized spacial score (nSPS) is 20.8. The highest BCUT2D eigenvalue weighted by molar-refractivity contribution is 7.99. The van der Waals surface area contributed by atoms with Gasteiger partial charge in [0.2, 0.25) is 0 Å². The quantitative estimate of drug-likeness (QED) is 0.549. The number of hydrogen-bond donors (Lipinski definition) is 2. The van der Waals surface area contributed by atoms with E-state index in [0.29, 0.717) is 12.1 Å². The Bertz CT molecular complexity index is 679. The molecule has 0 saturated heterocycles. The summed E-state index contributed by atoms with van der Waals surface area (Å²) >= 11 is 1.65. The summed E-state index contributed by atoms with van der Waals surface area (Å²) in [6, 6.07) is 0.224. The van der Waals surface area contributed by atoms with Crippen LogP contribution in [-0.4, -0.2) is 62.2 Å². The van der Waals surface area contributed by atoms with Gasteiger partial charge in [-0.25, -0.2) is 14.6 Å². The van der Waals surface area contributed by atoms with Crippen molar-refractivity contribution in [1.29, 1.82) is 0 Å². The number of nitrogens with one attached hydrogen (secondary N) is 1. The Morgan fingerprint density at radius 1 is 1.38 bits per heavy atom. The van der Waals surface area contributed by atoms with Gasteiger partial charge in [0.1, 0.15) is 0 Å². The Morgan fingerprint density at radius 3 is 3.00 bits per heavy atom. The van der Waals surface area contributed by atoms with E-state index >= 15 is 0 Å². The van der Waals surface area contributed by atoms with E-state index < -0.39 is 0 Å². The molecule has 3 rings (SSSR count). The first-order chi connectivity index (χ1) is 11.8. The molecule has 0 aromatic carbocycles. The monoisotopic (exact) mass is 352 g/mol. The molecule has 0 unspecified atom stereocenters. The van der Waals surface area contributed by atoms with E-state index in [-0.39, 0.29) is 18.8 Å². The van der Waals surface area contributed by atoms with Gasteiger partial charge in [-0.15, -0.1) is 5.10 Å². The second kappa shape index (κ2) is 8.09. The number of aliphatic hydroxyl groups is 1. The van der Waals surface area contributed by atoms with Crippen LogP contribution in [0, 0.1) is 0 Å². The first-order valence-electron chi connectivity index (χ1n) is 8.42. The molecule has 0 aliphatic heterocycles. The van der Waals surface area contributed by atoms with Crippen molar-refractivity contribution in [3.8, 4) is 0 Å². The molecule has 0 amide bonds. The number of nitrogens with zero attached hydrogens (tertiary/aromatic N) is 5. The van der Waals surface area contributed by atoms with E-state index in [0.717, 1.165) is 48.1 Å². The first-order valence-corrected chi connectivity index (χ1v) is 9.41. The molecule has 2 heterocycles. The molecular weight excluding hydrogens is 328 g/mol. The highest BCUT2D eigenvalue weighted by Gasteiger charge is 2.29. The number of ether oxygens (including phenoxy) is 1. The highest BCUT2D eigenvalue weighted by atomic mass is 32.2. The molecule has 2 N–H and O–H groups in total. The molecule has 2 atom stereocenters. The number of aliphatic hydroxyl groups excluding tert-OH is 1. The highest BCUT2D eigenvalue weighted by Crippen LogP contribution is 2.34. The van der Waals surface area contributed by atoms with Gasteiger partial charge in [0.05, 0.1) is 25.4 Å². The number of fused-ring (bicyclic) bond motifs is 1. The standard InChI is InChI=1S/C15H24N6O2S/c1-3-8-24-15-17-13(16-2)12-14(18-15)21(20-19-12)10-4-5-11(9-10)23-7-6-22/h10-11,22H,3-9H2,1-2H3,(H,16,17,18)/t10-,11+/m0/s1. The maximum absolute atomic E-state index is 8.90. The van der Waals surface area contributed by atoms with E-state index in [4.69, 9.17) is 9.84 Å². The third-order valence-corrected chi connectivity index (χ3v) is 5.18. The Kier molecular flexibility index (Phi) is 5.85. The summed E-state index contributed by atoms with van der Waals surface area (Å²) in [5.41, 5.74) is 1.49. The lowest BCUT2D eigenvalue weighted by Crippen LogP contribution is -2.14. The summed E-state index contributed by atoms with van der Waals surface area (Å²) in [4.78, 5) is 9.21. The number of rotatable bonds is 8. The number of thioether (sulfide) groups is 1. The first kappa shape index (κ1) is 17.4. The van der Waals surface area contributed by atoms with Gasteiger partial charge in [-0.2, -0.15) is 0 Å². The molecule has 1 saturated carbocycles. The van der Waals surface area contributed by atoms with Gasteiger partial charge in [0, 0.05) is 12.8 Å². The van der Waals surface area contributed by atoms with Crippen molar-refractivity contribution in [3.05, 3.63) is 0 Å². The Hall–Kier alpha value is -1.45. The van der Waals surface area contributed by atoms with Crippen molar-refractivity contribution in [2.45, 2.75) is 49.9 Å². The molecule has 8 nitrogen and oxygen atoms in total. The van der Waals surface area contributed by atoms with Crippen LogP contribution in [0.1, 0.15) is 38.6 Å².